The number of rotatable bonds is 5. The van der Waals surface area contributed by atoms with E-state index in [0.29, 0.717) is 23.9 Å². The molecular formula is C19H14F3N5O2. The summed E-state index contributed by atoms with van der Waals surface area (Å²) in [4.78, 5) is 0. The van der Waals surface area contributed by atoms with E-state index >= 15 is 0 Å². The van der Waals surface area contributed by atoms with Crippen molar-refractivity contribution in [3.63, 3.8) is 0 Å². The third-order valence-electron chi connectivity index (χ3n) is 4.03. The van der Waals surface area contributed by atoms with Gasteiger partial charge in [-0.3, -0.25) is 0 Å². The van der Waals surface area contributed by atoms with Crippen LogP contribution in [0.15, 0.2) is 52.9 Å². The molecule has 29 heavy (non-hydrogen) atoms. The lowest BCUT2D eigenvalue weighted by Crippen LogP contribution is -2.17. The summed E-state index contributed by atoms with van der Waals surface area (Å²) in [5.74, 6) is 0.950. The van der Waals surface area contributed by atoms with Crippen molar-refractivity contribution in [2.45, 2.75) is 19.8 Å². The van der Waals surface area contributed by atoms with E-state index in [1.54, 1.807) is 19.1 Å². The molecule has 0 aliphatic carbocycles. The molecule has 0 saturated carbocycles. The molecule has 7 nitrogen and oxygen atoms in total. The summed E-state index contributed by atoms with van der Waals surface area (Å²) in [5, 5.41) is 21.0. The average molecular weight is 401 g/mol. The summed E-state index contributed by atoms with van der Waals surface area (Å²) >= 11 is 0. The van der Waals surface area contributed by atoms with Crippen LogP contribution in [0.1, 0.15) is 11.5 Å². The van der Waals surface area contributed by atoms with Gasteiger partial charge in [-0.2, -0.15) is 0 Å². The second-order valence-corrected chi connectivity index (χ2v) is 6.11. The van der Waals surface area contributed by atoms with Crippen LogP contribution in [0.4, 0.5) is 19.0 Å². The topological polar surface area (TPSA) is 86.0 Å². The van der Waals surface area contributed by atoms with E-state index in [1.165, 1.54) is 12.1 Å². The maximum atomic E-state index is 12.3. The van der Waals surface area contributed by atoms with Crippen LogP contribution in [0.25, 0.3) is 22.4 Å². The largest absolute Gasteiger partial charge is 0.573 e. The first kappa shape index (κ1) is 18.7. The molecule has 2 aromatic heterocycles. The van der Waals surface area contributed by atoms with E-state index in [4.69, 9.17) is 4.42 Å². The molecule has 0 bridgehead atoms. The number of hydrogen-bond acceptors (Lipinski definition) is 7. The smallest absolute Gasteiger partial charge is 0.420 e. The Hall–Kier alpha value is -3.69. The molecule has 2 heterocycles. The fourth-order valence-electron chi connectivity index (χ4n) is 2.78. The maximum absolute atomic E-state index is 12.3. The number of ether oxygens (including phenoxy) is 1. The van der Waals surface area contributed by atoms with Gasteiger partial charge >= 0.3 is 6.36 Å². The molecule has 0 atom stereocenters. The van der Waals surface area contributed by atoms with Crippen molar-refractivity contribution in [1.29, 1.82) is 0 Å². The molecule has 0 fully saturated rings. The van der Waals surface area contributed by atoms with Crippen LogP contribution in [0, 0.1) is 6.92 Å². The van der Waals surface area contributed by atoms with Crippen molar-refractivity contribution in [2.24, 2.45) is 0 Å². The lowest BCUT2D eigenvalue weighted by atomic mass is 10.1. The first-order valence-corrected chi connectivity index (χ1v) is 8.53. The van der Waals surface area contributed by atoms with Gasteiger partial charge in [-0.05, 0) is 17.7 Å². The van der Waals surface area contributed by atoms with E-state index in [-0.39, 0.29) is 11.6 Å². The second-order valence-electron chi connectivity index (χ2n) is 6.11. The van der Waals surface area contributed by atoms with Gasteiger partial charge in [-0.25, -0.2) is 0 Å². The molecule has 0 radical (unpaired) electrons. The van der Waals surface area contributed by atoms with Crippen molar-refractivity contribution in [3.05, 3.63) is 60.0 Å². The minimum Gasteiger partial charge on any atom is -0.420 e. The number of alkyl halides is 3. The van der Waals surface area contributed by atoms with Crippen LogP contribution in [0.5, 0.6) is 5.75 Å². The van der Waals surface area contributed by atoms with Gasteiger partial charge in [0, 0.05) is 24.2 Å². The minimum atomic E-state index is -4.72. The standard InChI is InChI=1S/C19H14F3N5O2/c1-11-24-27-18(28-11)16-14-4-2-3-5-15(14)17(26-25-16)23-10-12-6-8-13(9-7-12)29-19(20,21)22/h2-9H,10H2,1H3,(H,23,26). The Kier molecular flexibility index (Phi) is 4.75. The third-order valence-corrected chi connectivity index (χ3v) is 4.03. The first-order chi connectivity index (χ1) is 13.9. The number of nitrogens with zero attached hydrogens (tertiary/aromatic N) is 4. The van der Waals surface area contributed by atoms with Gasteiger partial charge in [-0.15, -0.1) is 33.6 Å². The Morgan fingerprint density at radius 1 is 0.931 bits per heavy atom. The van der Waals surface area contributed by atoms with Crippen LogP contribution in [-0.2, 0) is 6.54 Å². The average Bonchev–Trinajstić information content (AvgIpc) is 3.12. The van der Waals surface area contributed by atoms with E-state index in [2.05, 4.69) is 30.4 Å². The normalized spacial score (nSPS) is 11.6. The van der Waals surface area contributed by atoms with Gasteiger partial charge in [-0.1, -0.05) is 36.4 Å². The van der Waals surface area contributed by atoms with Crippen LogP contribution in [-0.4, -0.2) is 26.8 Å². The van der Waals surface area contributed by atoms with E-state index in [1.807, 2.05) is 24.3 Å². The molecular weight excluding hydrogens is 387 g/mol. The highest BCUT2D eigenvalue weighted by Crippen LogP contribution is 2.29. The van der Waals surface area contributed by atoms with Gasteiger partial charge < -0.3 is 14.5 Å². The number of anilines is 1. The zero-order chi connectivity index (χ0) is 20.4. The molecule has 0 saturated heterocycles. The highest BCUT2D eigenvalue weighted by Gasteiger charge is 2.30. The molecule has 2 aromatic carbocycles. The monoisotopic (exact) mass is 401 g/mol. The predicted molar refractivity (Wildman–Crippen MR) is 98.0 cm³/mol. The molecule has 4 aromatic rings. The Morgan fingerprint density at radius 3 is 2.31 bits per heavy atom. The lowest BCUT2D eigenvalue weighted by Gasteiger charge is -2.11. The van der Waals surface area contributed by atoms with Crippen molar-refractivity contribution in [3.8, 4) is 17.3 Å². The van der Waals surface area contributed by atoms with Gasteiger partial charge in [0.25, 0.3) is 5.89 Å². The van der Waals surface area contributed by atoms with Crippen LogP contribution >= 0.6 is 0 Å². The summed E-state index contributed by atoms with van der Waals surface area (Å²) in [6.45, 7) is 2.02. The number of halogens is 3. The fourth-order valence-corrected chi connectivity index (χ4v) is 2.78. The minimum absolute atomic E-state index is 0.273. The summed E-state index contributed by atoms with van der Waals surface area (Å²) in [7, 11) is 0. The SMILES string of the molecule is Cc1nnc(-c2nnc(NCc3ccc(OC(F)(F)F)cc3)c3ccccc23)o1. The Morgan fingerprint density at radius 2 is 1.66 bits per heavy atom. The number of fused-ring (bicyclic) bond motifs is 1. The zero-order valence-corrected chi connectivity index (χ0v) is 15.1. The highest BCUT2D eigenvalue weighted by molar-refractivity contribution is 5.98. The Balaban J connectivity index is 1.56. The maximum Gasteiger partial charge on any atom is 0.573 e. The highest BCUT2D eigenvalue weighted by atomic mass is 19.4. The summed E-state index contributed by atoms with van der Waals surface area (Å²) in [6, 6.07) is 13.1. The van der Waals surface area contributed by atoms with Crippen molar-refractivity contribution in [1.82, 2.24) is 20.4 Å². The molecule has 0 spiro atoms. The number of nitrogens with one attached hydrogen (secondary N) is 1. The zero-order valence-electron chi connectivity index (χ0n) is 15.1. The van der Waals surface area contributed by atoms with E-state index in [9.17, 15) is 13.2 Å². The van der Waals surface area contributed by atoms with Crippen molar-refractivity contribution in [2.75, 3.05) is 5.32 Å². The summed E-state index contributed by atoms with van der Waals surface area (Å²) in [6.07, 6.45) is -4.72. The molecule has 10 heteroatoms. The van der Waals surface area contributed by atoms with E-state index in [0.717, 1.165) is 16.3 Å². The van der Waals surface area contributed by atoms with E-state index < -0.39 is 6.36 Å². The number of hydrogen-bond donors (Lipinski definition) is 1. The molecule has 4 rings (SSSR count). The van der Waals surface area contributed by atoms with Gasteiger partial charge in [0.1, 0.15) is 5.75 Å². The molecule has 0 aliphatic heterocycles. The van der Waals surface area contributed by atoms with Crippen LogP contribution in [0.2, 0.25) is 0 Å². The van der Waals surface area contributed by atoms with Gasteiger partial charge in [0.2, 0.25) is 5.89 Å². The van der Waals surface area contributed by atoms with Crippen molar-refractivity contribution < 1.29 is 22.3 Å². The molecule has 1 N–H and O–H groups in total. The summed E-state index contributed by atoms with van der Waals surface area (Å²) in [5.41, 5.74) is 1.22. The van der Waals surface area contributed by atoms with Crippen LogP contribution < -0.4 is 10.1 Å². The van der Waals surface area contributed by atoms with Gasteiger partial charge in [0.15, 0.2) is 11.5 Å². The van der Waals surface area contributed by atoms with Gasteiger partial charge in [0.05, 0.1) is 0 Å². The molecule has 0 unspecified atom stereocenters. The molecule has 0 amide bonds. The van der Waals surface area contributed by atoms with Crippen molar-refractivity contribution >= 4 is 16.6 Å². The second kappa shape index (κ2) is 7.38. The first-order valence-electron chi connectivity index (χ1n) is 8.53. The Bertz CT molecular complexity index is 1140. The third kappa shape index (κ3) is 4.26. The molecule has 148 valence electrons. The van der Waals surface area contributed by atoms with Crippen LogP contribution in [0.3, 0.4) is 0 Å². The lowest BCUT2D eigenvalue weighted by molar-refractivity contribution is -0.274. The number of aryl methyl sites for hydroxylation is 1. The predicted octanol–water partition coefficient (Wildman–Crippen LogP) is 4.50. The Labute approximate surface area is 162 Å². The number of benzene rings is 2. The number of aromatic nitrogens is 4. The fraction of sp³-hybridized carbons (Fsp3) is 0.158. The molecule has 0 aliphatic rings. The summed E-state index contributed by atoms with van der Waals surface area (Å²) < 4.78 is 46.1. The quantitative estimate of drug-likeness (QED) is 0.527.